The maximum atomic E-state index is 13.0. The number of para-hydroxylation sites is 1. The summed E-state index contributed by atoms with van der Waals surface area (Å²) in [6.45, 7) is 2.99. The number of carbonyl (C=O) groups excluding carboxylic acids is 1. The number of ether oxygens (including phenoxy) is 1. The molecule has 0 N–H and O–H groups in total. The van der Waals surface area contributed by atoms with Crippen molar-refractivity contribution in [1.29, 1.82) is 0 Å². The Balaban J connectivity index is 1.71. The second kappa shape index (κ2) is 7.21. The minimum absolute atomic E-state index is 0.0940. The first kappa shape index (κ1) is 17.8. The van der Waals surface area contributed by atoms with Gasteiger partial charge in [0, 0.05) is 29.2 Å². The number of amides is 1. The zero-order valence-corrected chi connectivity index (χ0v) is 16.6. The lowest BCUT2D eigenvalue weighted by atomic mass is 10.1. The number of aromatic nitrogens is 1. The fourth-order valence-electron chi connectivity index (χ4n) is 3.21. The van der Waals surface area contributed by atoms with Gasteiger partial charge in [0.2, 0.25) is 0 Å². The highest BCUT2D eigenvalue weighted by molar-refractivity contribution is 8.27. The van der Waals surface area contributed by atoms with E-state index in [9.17, 15) is 4.79 Å². The maximum absolute atomic E-state index is 13.0. The summed E-state index contributed by atoms with van der Waals surface area (Å²) in [6, 6.07) is 15.6. The van der Waals surface area contributed by atoms with E-state index in [1.807, 2.05) is 42.5 Å². The number of fused-ring (bicyclic) bond motifs is 1. The van der Waals surface area contributed by atoms with Crippen molar-refractivity contribution in [2.45, 2.75) is 13.5 Å². The molecule has 0 atom stereocenters. The van der Waals surface area contributed by atoms with E-state index in [0.29, 0.717) is 9.23 Å². The van der Waals surface area contributed by atoms with Crippen molar-refractivity contribution in [2.24, 2.45) is 0 Å². The van der Waals surface area contributed by atoms with Gasteiger partial charge in [-0.1, -0.05) is 42.2 Å². The second-order valence-corrected chi connectivity index (χ2v) is 7.78. The van der Waals surface area contributed by atoms with Crippen LogP contribution in [0.1, 0.15) is 12.5 Å². The Hall–Kier alpha value is -2.57. The number of aryl methyl sites for hydroxylation is 1. The van der Waals surface area contributed by atoms with Crippen LogP contribution in [0.15, 0.2) is 59.6 Å². The molecule has 0 unspecified atom stereocenters. The Morgan fingerprint density at radius 3 is 2.59 bits per heavy atom. The normalized spacial score (nSPS) is 15.9. The molecule has 3 aromatic rings. The average Bonchev–Trinajstić information content (AvgIpc) is 3.19. The third kappa shape index (κ3) is 3.15. The summed E-state index contributed by atoms with van der Waals surface area (Å²) < 4.78 is 7.91. The molecule has 0 saturated carbocycles. The smallest absolute Gasteiger partial charge is 0.270 e. The van der Waals surface area contributed by atoms with Crippen molar-refractivity contribution in [3.63, 3.8) is 0 Å². The second-order valence-electron chi connectivity index (χ2n) is 6.10. The van der Waals surface area contributed by atoms with Crippen LogP contribution in [-0.4, -0.2) is 21.9 Å². The number of hydrogen-bond donors (Lipinski definition) is 0. The summed E-state index contributed by atoms with van der Waals surface area (Å²) in [5.74, 6) is 0.649. The molecule has 1 amide bonds. The summed E-state index contributed by atoms with van der Waals surface area (Å²) in [5.41, 5.74) is 2.94. The number of carbonyl (C=O) groups is 1. The van der Waals surface area contributed by atoms with Crippen LogP contribution in [0.4, 0.5) is 5.69 Å². The molecule has 136 valence electrons. The Morgan fingerprint density at radius 1 is 1.15 bits per heavy atom. The van der Waals surface area contributed by atoms with Gasteiger partial charge in [-0.3, -0.25) is 9.69 Å². The third-order valence-electron chi connectivity index (χ3n) is 4.57. The number of hydrogen-bond acceptors (Lipinski definition) is 4. The molecule has 0 bridgehead atoms. The van der Waals surface area contributed by atoms with Gasteiger partial charge in [0.05, 0.1) is 17.7 Å². The molecular formula is C21H18N2O2S2. The number of rotatable bonds is 4. The quantitative estimate of drug-likeness (QED) is 0.457. The number of nitrogens with zero attached hydrogens (tertiary/aromatic N) is 2. The minimum Gasteiger partial charge on any atom is -0.497 e. The number of anilines is 1. The van der Waals surface area contributed by atoms with Gasteiger partial charge in [-0.05, 0) is 43.3 Å². The lowest BCUT2D eigenvalue weighted by Gasteiger charge is -2.14. The Bertz CT molecular complexity index is 1070. The standard InChI is InChI=1S/C21H18N2O2S2/c1-3-22-13-14(17-6-4-5-7-18(17)22)12-19-20(24)23(21(26)27-19)15-8-10-16(25-2)11-9-15/h4-13H,3H2,1-2H3/b19-12+. The number of thiocarbonyl (C=S) groups is 1. The van der Waals surface area contributed by atoms with E-state index in [1.165, 1.54) is 11.8 Å². The van der Waals surface area contributed by atoms with Crippen molar-refractivity contribution in [3.05, 3.63) is 65.2 Å². The van der Waals surface area contributed by atoms with Crippen molar-refractivity contribution in [1.82, 2.24) is 4.57 Å². The van der Waals surface area contributed by atoms with Crippen LogP contribution < -0.4 is 9.64 Å². The summed E-state index contributed by atoms with van der Waals surface area (Å²) in [5, 5.41) is 1.13. The number of thioether (sulfide) groups is 1. The predicted octanol–water partition coefficient (Wildman–Crippen LogP) is 5.08. The SMILES string of the molecule is CCn1cc(/C=C2/SC(=S)N(c3ccc(OC)cc3)C2=O)c2ccccc21. The fourth-order valence-corrected chi connectivity index (χ4v) is 4.50. The van der Waals surface area contributed by atoms with Gasteiger partial charge >= 0.3 is 0 Å². The van der Waals surface area contributed by atoms with Crippen LogP contribution in [0.25, 0.3) is 17.0 Å². The molecule has 0 radical (unpaired) electrons. The molecule has 27 heavy (non-hydrogen) atoms. The van der Waals surface area contributed by atoms with Gasteiger partial charge in [0.25, 0.3) is 5.91 Å². The van der Waals surface area contributed by atoms with Crippen LogP contribution in [0.5, 0.6) is 5.75 Å². The molecule has 1 aliphatic heterocycles. The van der Waals surface area contributed by atoms with Crippen molar-refractivity contribution < 1.29 is 9.53 Å². The van der Waals surface area contributed by atoms with E-state index in [-0.39, 0.29) is 5.91 Å². The van der Waals surface area contributed by atoms with E-state index in [1.54, 1.807) is 12.0 Å². The molecule has 1 aromatic heterocycles. The summed E-state index contributed by atoms with van der Waals surface area (Å²) in [7, 11) is 1.62. The largest absolute Gasteiger partial charge is 0.497 e. The van der Waals surface area contributed by atoms with Crippen molar-refractivity contribution in [3.8, 4) is 5.75 Å². The topological polar surface area (TPSA) is 34.5 Å². The predicted molar refractivity (Wildman–Crippen MR) is 116 cm³/mol. The molecule has 1 aliphatic rings. The first-order chi connectivity index (χ1) is 13.1. The summed E-state index contributed by atoms with van der Waals surface area (Å²) in [4.78, 5) is 15.2. The van der Waals surface area contributed by atoms with Crippen LogP contribution in [0.2, 0.25) is 0 Å². The maximum Gasteiger partial charge on any atom is 0.270 e. The van der Waals surface area contributed by atoms with E-state index < -0.39 is 0 Å². The van der Waals surface area contributed by atoms with Gasteiger partial charge in [-0.2, -0.15) is 0 Å². The Labute approximate surface area is 167 Å². The molecule has 0 spiro atoms. The van der Waals surface area contributed by atoms with Gasteiger partial charge in [-0.15, -0.1) is 0 Å². The minimum atomic E-state index is -0.0940. The number of benzene rings is 2. The van der Waals surface area contributed by atoms with Gasteiger partial charge in [0.1, 0.15) is 5.75 Å². The molecule has 6 heteroatoms. The molecule has 0 aliphatic carbocycles. The van der Waals surface area contributed by atoms with Crippen LogP contribution in [0, 0.1) is 0 Å². The molecule has 2 heterocycles. The monoisotopic (exact) mass is 394 g/mol. The third-order valence-corrected chi connectivity index (χ3v) is 5.87. The lowest BCUT2D eigenvalue weighted by molar-refractivity contribution is -0.113. The zero-order valence-electron chi connectivity index (χ0n) is 15.0. The van der Waals surface area contributed by atoms with Crippen LogP contribution in [0.3, 0.4) is 0 Å². The van der Waals surface area contributed by atoms with Gasteiger partial charge in [0.15, 0.2) is 4.32 Å². The van der Waals surface area contributed by atoms with E-state index in [0.717, 1.165) is 34.4 Å². The van der Waals surface area contributed by atoms with Crippen LogP contribution >= 0.6 is 24.0 Å². The van der Waals surface area contributed by atoms with Gasteiger partial charge in [-0.25, -0.2) is 0 Å². The highest BCUT2D eigenvalue weighted by Crippen LogP contribution is 2.37. The van der Waals surface area contributed by atoms with E-state index in [4.69, 9.17) is 17.0 Å². The highest BCUT2D eigenvalue weighted by Gasteiger charge is 2.33. The van der Waals surface area contributed by atoms with Crippen molar-refractivity contribution >= 4 is 56.9 Å². The molecule has 4 rings (SSSR count). The zero-order chi connectivity index (χ0) is 19.0. The first-order valence-corrected chi connectivity index (χ1v) is 9.84. The highest BCUT2D eigenvalue weighted by atomic mass is 32.2. The van der Waals surface area contributed by atoms with E-state index >= 15 is 0 Å². The molecule has 4 nitrogen and oxygen atoms in total. The summed E-state index contributed by atoms with van der Waals surface area (Å²) in [6.07, 6.45) is 4.03. The van der Waals surface area contributed by atoms with Crippen LogP contribution in [-0.2, 0) is 11.3 Å². The Morgan fingerprint density at radius 2 is 1.89 bits per heavy atom. The molecular weight excluding hydrogens is 376 g/mol. The fraction of sp³-hybridized carbons (Fsp3) is 0.143. The first-order valence-electron chi connectivity index (χ1n) is 8.62. The van der Waals surface area contributed by atoms with Crippen molar-refractivity contribution in [2.75, 3.05) is 12.0 Å². The molecule has 1 saturated heterocycles. The lowest BCUT2D eigenvalue weighted by Crippen LogP contribution is -2.27. The van der Waals surface area contributed by atoms with E-state index in [2.05, 4.69) is 29.8 Å². The van der Waals surface area contributed by atoms with Gasteiger partial charge < -0.3 is 9.30 Å². The Kier molecular flexibility index (Phi) is 4.76. The average molecular weight is 395 g/mol. The summed E-state index contributed by atoms with van der Waals surface area (Å²) >= 11 is 6.80. The number of methoxy groups -OCH3 is 1. The molecule has 1 fully saturated rings. The molecule has 2 aromatic carbocycles.